The van der Waals surface area contributed by atoms with Gasteiger partial charge < -0.3 is 9.84 Å². The predicted molar refractivity (Wildman–Crippen MR) is 102 cm³/mol. The molecule has 154 valence electrons. The Balaban J connectivity index is 1.84. The van der Waals surface area contributed by atoms with Crippen molar-refractivity contribution in [3.63, 3.8) is 0 Å². The second-order valence-corrected chi connectivity index (χ2v) is 7.22. The van der Waals surface area contributed by atoms with E-state index in [4.69, 9.17) is 16.3 Å². The van der Waals surface area contributed by atoms with E-state index in [0.29, 0.717) is 16.3 Å². The van der Waals surface area contributed by atoms with Crippen LogP contribution >= 0.6 is 11.6 Å². The molecule has 0 aliphatic carbocycles. The molecule has 1 unspecified atom stereocenters. The van der Waals surface area contributed by atoms with Crippen LogP contribution in [0.25, 0.3) is 0 Å². The van der Waals surface area contributed by atoms with Crippen molar-refractivity contribution in [2.24, 2.45) is 5.10 Å². The summed E-state index contributed by atoms with van der Waals surface area (Å²) in [7, 11) is 0. The Morgan fingerprint density at radius 1 is 1.21 bits per heavy atom. The van der Waals surface area contributed by atoms with Gasteiger partial charge in [0, 0.05) is 5.02 Å². The van der Waals surface area contributed by atoms with Crippen LogP contribution < -0.4 is 4.74 Å². The van der Waals surface area contributed by atoms with E-state index in [9.17, 15) is 23.1 Å². The van der Waals surface area contributed by atoms with E-state index in [1.165, 1.54) is 24.3 Å². The molecule has 1 N–H and O–H groups in total. The van der Waals surface area contributed by atoms with Gasteiger partial charge in [-0.2, -0.15) is 23.3 Å². The molecule has 9 heteroatoms. The fourth-order valence-electron chi connectivity index (χ4n) is 2.84. The number of halogens is 4. The second-order valence-electron chi connectivity index (χ2n) is 6.79. The van der Waals surface area contributed by atoms with Crippen LogP contribution in [0.3, 0.4) is 0 Å². The van der Waals surface area contributed by atoms with Crippen molar-refractivity contribution in [3.05, 3.63) is 64.2 Å². The Labute approximate surface area is 170 Å². The maximum atomic E-state index is 13.6. The van der Waals surface area contributed by atoms with Crippen LogP contribution in [0.15, 0.2) is 47.6 Å². The number of aliphatic hydroxyl groups is 1. The van der Waals surface area contributed by atoms with Crippen LogP contribution in [0.2, 0.25) is 5.02 Å². The van der Waals surface area contributed by atoms with E-state index >= 15 is 0 Å². The molecule has 5 nitrogen and oxygen atoms in total. The van der Waals surface area contributed by atoms with Crippen LogP contribution in [-0.2, 0) is 4.79 Å². The van der Waals surface area contributed by atoms with Gasteiger partial charge >= 0.3 is 6.18 Å². The molecule has 0 fully saturated rings. The number of amides is 1. The minimum atomic E-state index is -5.11. The quantitative estimate of drug-likeness (QED) is 0.796. The lowest BCUT2D eigenvalue weighted by Crippen LogP contribution is -2.57. The molecule has 0 saturated heterocycles. The zero-order valence-electron chi connectivity index (χ0n) is 15.6. The predicted octanol–water partition coefficient (Wildman–Crippen LogP) is 4.22. The van der Waals surface area contributed by atoms with Gasteiger partial charge in [-0.15, -0.1) is 0 Å². The van der Waals surface area contributed by atoms with Gasteiger partial charge in [0.1, 0.15) is 5.75 Å². The largest absolute Gasteiger partial charge is 0.484 e. The molecule has 2 aromatic carbocycles. The number of carbonyl (C=O) groups is 1. The van der Waals surface area contributed by atoms with Crippen molar-refractivity contribution in [1.82, 2.24) is 5.01 Å². The third-order valence-electron chi connectivity index (χ3n) is 4.69. The second kappa shape index (κ2) is 7.68. The molecule has 3 rings (SSSR count). The lowest BCUT2D eigenvalue weighted by Gasteiger charge is -2.32. The van der Waals surface area contributed by atoms with E-state index in [0.717, 1.165) is 11.1 Å². The monoisotopic (exact) mass is 426 g/mol. The minimum absolute atomic E-state index is 0.0536. The van der Waals surface area contributed by atoms with Crippen molar-refractivity contribution < 1.29 is 27.8 Å². The fourth-order valence-corrected chi connectivity index (χ4v) is 2.97. The highest BCUT2D eigenvalue weighted by molar-refractivity contribution is 6.30. The summed E-state index contributed by atoms with van der Waals surface area (Å²) in [5, 5.41) is 14.5. The molecule has 0 radical (unpaired) electrons. The van der Waals surface area contributed by atoms with Crippen LogP contribution in [0.1, 0.15) is 23.1 Å². The molecule has 29 heavy (non-hydrogen) atoms. The summed E-state index contributed by atoms with van der Waals surface area (Å²) in [6.07, 6.45) is -6.01. The minimum Gasteiger partial charge on any atom is -0.484 e. The lowest BCUT2D eigenvalue weighted by atomic mass is 10.0. The van der Waals surface area contributed by atoms with Gasteiger partial charge in [0.15, 0.2) is 6.61 Å². The standard InChI is InChI=1S/C20H18ClF3N2O3/c1-12-3-8-16(9-13(12)2)29-11-18(27)26-19(28,20(22,23)24)10-17(25-26)14-4-6-15(21)7-5-14/h3-9,28H,10-11H2,1-2H3. The first-order valence-electron chi connectivity index (χ1n) is 8.67. The maximum absolute atomic E-state index is 13.6. The summed E-state index contributed by atoms with van der Waals surface area (Å²) in [4.78, 5) is 12.5. The smallest absolute Gasteiger partial charge is 0.438 e. The van der Waals surface area contributed by atoms with Gasteiger partial charge in [-0.05, 0) is 54.8 Å². The highest BCUT2D eigenvalue weighted by Gasteiger charge is 2.63. The average molecular weight is 427 g/mol. The van der Waals surface area contributed by atoms with Gasteiger partial charge in [0.2, 0.25) is 0 Å². The number of alkyl halides is 3. The highest BCUT2D eigenvalue weighted by Crippen LogP contribution is 2.41. The first kappa shape index (κ1) is 21.1. The van der Waals surface area contributed by atoms with Gasteiger partial charge in [-0.3, -0.25) is 4.79 Å². The Bertz CT molecular complexity index is 960. The molecule has 1 amide bonds. The van der Waals surface area contributed by atoms with Crippen LogP contribution in [0.5, 0.6) is 5.75 Å². The van der Waals surface area contributed by atoms with Gasteiger partial charge in [0.05, 0.1) is 12.1 Å². The van der Waals surface area contributed by atoms with Gasteiger partial charge in [0.25, 0.3) is 11.6 Å². The number of hydrazone groups is 1. The Morgan fingerprint density at radius 2 is 1.86 bits per heavy atom. The highest BCUT2D eigenvalue weighted by atomic mass is 35.5. The first-order chi connectivity index (χ1) is 13.5. The summed E-state index contributed by atoms with van der Waals surface area (Å²) < 4.78 is 46.1. The fraction of sp³-hybridized carbons (Fsp3) is 0.300. The number of carbonyl (C=O) groups excluding carboxylic acids is 1. The van der Waals surface area contributed by atoms with Gasteiger partial charge in [-0.1, -0.05) is 29.8 Å². The summed E-state index contributed by atoms with van der Waals surface area (Å²) in [6.45, 7) is 3.03. The van der Waals surface area contributed by atoms with E-state index in [1.54, 1.807) is 18.2 Å². The summed E-state index contributed by atoms with van der Waals surface area (Å²) >= 11 is 5.80. The number of benzene rings is 2. The molecule has 2 aromatic rings. The number of hydrogen-bond donors (Lipinski definition) is 1. The van der Waals surface area contributed by atoms with Crippen LogP contribution in [0, 0.1) is 13.8 Å². The SMILES string of the molecule is Cc1ccc(OCC(=O)N2N=C(c3ccc(Cl)cc3)CC2(O)C(F)(F)F)cc1C. The van der Waals surface area contributed by atoms with Crippen molar-refractivity contribution in [2.45, 2.75) is 32.2 Å². The number of rotatable bonds is 4. The van der Waals surface area contributed by atoms with Crippen molar-refractivity contribution in [1.29, 1.82) is 0 Å². The molecular weight excluding hydrogens is 409 g/mol. The number of hydrogen-bond acceptors (Lipinski definition) is 4. The molecule has 0 bridgehead atoms. The Hall–Kier alpha value is -2.58. The lowest BCUT2D eigenvalue weighted by molar-refractivity contribution is -0.302. The zero-order valence-corrected chi connectivity index (χ0v) is 16.4. The third-order valence-corrected chi connectivity index (χ3v) is 4.95. The Morgan fingerprint density at radius 3 is 2.45 bits per heavy atom. The van der Waals surface area contributed by atoms with Crippen molar-refractivity contribution in [3.8, 4) is 5.75 Å². The average Bonchev–Trinajstić information content (AvgIpc) is 3.02. The summed E-state index contributed by atoms with van der Waals surface area (Å²) in [6, 6.07) is 11.0. The molecule has 0 saturated carbocycles. The molecule has 1 aliphatic heterocycles. The molecular formula is C20H18ClF3N2O3. The van der Waals surface area contributed by atoms with E-state index < -0.39 is 30.8 Å². The van der Waals surface area contributed by atoms with E-state index in [2.05, 4.69) is 5.10 Å². The van der Waals surface area contributed by atoms with Gasteiger partial charge in [-0.25, -0.2) is 0 Å². The maximum Gasteiger partial charge on any atom is 0.438 e. The normalized spacial score (nSPS) is 19.3. The summed E-state index contributed by atoms with van der Waals surface area (Å²) in [5.74, 6) is -0.787. The van der Waals surface area contributed by atoms with Crippen molar-refractivity contribution in [2.75, 3.05) is 6.61 Å². The van der Waals surface area contributed by atoms with E-state index in [-0.39, 0.29) is 10.7 Å². The number of ether oxygens (including phenoxy) is 1. The topological polar surface area (TPSA) is 62.1 Å². The first-order valence-corrected chi connectivity index (χ1v) is 9.05. The van der Waals surface area contributed by atoms with Crippen LogP contribution in [-0.4, -0.2) is 40.2 Å². The zero-order chi connectivity index (χ0) is 21.4. The Kier molecular flexibility index (Phi) is 5.60. The van der Waals surface area contributed by atoms with Crippen molar-refractivity contribution >= 4 is 23.2 Å². The molecule has 1 heterocycles. The molecule has 1 aliphatic rings. The summed E-state index contributed by atoms with van der Waals surface area (Å²) in [5.41, 5.74) is -1.30. The number of nitrogens with zero attached hydrogens (tertiary/aromatic N) is 2. The molecule has 1 atom stereocenters. The third kappa shape index (κ3) is 4.23. The van der Waals surface area contributed by atoms with Crippen LogP contribution in [0.4, 0.5) is 13.2 Å². The molecule has 0 aromatic heterocycles. The van der Waals surface area contributed by atoms with E-state index in [1.807, 2.05) is 13.8 Å². The number of aryl methyl sites for hydroxylation is 2. The molecule has 0 spiro atoms.